The monoisotopic (exact) mass is 352 g/mol. The van der Waals surface area contributed by atoms with E-state index in [4.69, 9.17) is 16.3 Å². The molecule has 0 atom stereocenters. The first kappa shape index (κ1) is 15.4. The van der Waals surface area contributed by atoms with E-state index in [1.54, 1.807) is 0 Å². The number of benzene rings is 2. The third-order valence-electron chi connectivity index (χ3n) is 3.12. The number of ether oxygens (including phenoxy) is 1. The quantitative estimate of drug-likeness (QED) is 0.586. The van der Waals surface area contributed by atoms with Crippen LogP contribution in [0.1, 0.15) is 31.9 Å². The van der Waals surface area contributed by atoms with Gasteiger partial charge in [-0.1, -0.05) is 72.6 Å². The normalized spacial score (nSPS) is 11.4. The number of para-hydroxylation sites is 1. The van der Waals surface area contributed by atoms with E-state index in [1.165, 1.54) is 5.56 Å². The molecule has 0 bridgehead atoms. The highest BCUT2D eigenvalue weighted by molar-refractivity contribution is 9.08. The number of alkyl halides is 1. The molecule has 3 heteroatoms. The van der Waals surface area contributed by atoms with Gasteiger partial charge in [-0.05, 0) is 23.6 Å². The molecule has 20 heavy (non-hydrogen) atoms. The zero-order valence-electron chi connectivity index (χ0n) is 11.9. The number of rotatable bonds is 3. The third-order valence-corrected chi connectivity index (χ3v) is 4.04. The smallest absolute Gasteiger partial charge is 0.132 e. The SMILES string of the molecule is CC(C)(C)c1ccccc1Oc1cccc(Cl)c1CBr. The van der Waals surface area contributed by atoms with E-state index in [2.05, 4.69) is 42.8 Å². The first-order chi connectivity index (χ1) is 9.43. The van der Waals surface area contributed by atoms with Gasteiger partial charge in [0.1, 0.15) is 11.5 Å². The van der Waals surface area contributed by atoms with Crippen molar-refractivity contribution in [1.29, 1.82) is 0 Å². The van der Waals surface area contributed by atoms with Crippen molar-refractivity contribution < 1.29 is 4.74 Å². The molecule has 0 N–H and O–H groups in total. The summed E-state index contributed by atoms with van der Waals surface area (Å²) in [7, 11) is 0. The molecular weight excluding hydrogens is 336 g/mol. The van der Waals surface area contributed by atoms with Crippen LogP contribution in [0.25, 0.3) is 0 Å². The highest BCUT2D eigenvalue weighted by atomic mass is 79.9. The van der Waals surface area contributed by atoms with E-state index in [0.29, 0.717) is 10.4 Å². The van der Waals surface area contributed by atoms with E-state index >= 15 is 0 Å². The molecular formula is C17H18BrClO. The molecule has 0 aliphatic carbocycles. The fourth-order valence-electron chi connectivity index (χ4n) is 2.06. The minimum Gasteiger partial charge on any atom is -0.457 e. The van der Waals surface area contributed by atoms with E-state index < -0.39 is 0 Å². The van der Waals surface area contributed by atoms with Crippen LogP contribution in [-0.2, 0) is 10.7 Å². The van der Waals surface area contributed by atoms with Crippen LogP contribution in [0, 0.1) is 0 Å². The van der Waals surface area contributed by atoms with Gasteiger partial charge >= 0.3 is 0 Å². The lowest BCUT2D eigenvalue weighted by atomic mass is 9.86. The molecule has 0 fully saturated rings. The average Bonchev–Trinajstić information content (AvgIpc) is 2.38. The molecule has 0 aromatic heterocycles. The van der Waals surface area contributed by atoms with Gasteiger partial charge in [0.2, 0.25) is 0 Å². The molecule has 2 aromatic carbocycles. The van der Waals surface area contributed by atoms with E-state index in [0.717, 1.165) is 17.1 Å². The molecule has 0 unspecified atom stereocenters. The van der Waals surface area contributed by atoms with Crippen LogP contribution in [0.5, 0.6) is 11.5 Å². The Labute approximate surface area is 134 Å². The Kier molecular flexibility index (Phi) is 4.77. The average molecular weight is 354 g/mol. The second-order valence-corrected chi connectivity index (χ2v) is 6.67. The van der Waals surface area contributed by atoms with Gasteiger partial charge in [0.25, 0.3) is 0 Å². The first-order valence-corrected chi connectivity index (χ1v) is 8.04. The van der Waals surface area contributed by atoms with E-state index in [1.807, 2.05) is 36.4 Å². The van der Waals surface area contributed by atoms with Crippen molar-refractivity contribution in [2.24, 2.45) is 0 Å². The lowest BCUT2D eigenvalue weighted by Crippen LogP contribution is -2.12. The Hall–Kier alpha value is -0.990. The van der Waals surface area contributed by atoms with Crippen LogP contribution in [0.2, 0.25) is 5.02 Å². The highest BCUT2D eigenvalue weighted by Gasteiger charge is 2.19. The minimum absolute atomic E-state index is 0.0315. The zero-order valence-corrected chi connectivity index (χ0v) is 14.3. The van der Waals surface area contributed by atoms with Gasteiger partial charge in [-0.3, -0.25) is 0 Å². The van der Waals surface area contributed by atoms with Gasteiger partial charge in [-0.2, -0.15) is 0 Å². The molecule has 2 rings (SSSR count). The van der Waals surface area contributed by atoms with Crippen LogP contribution < -0.4 is 4.74 Å². The number of hydrogen-bond donors (Lipinski definition) is 0. The van der Waals surface area contributed by atoms with Crippen LogP contribution in [0.3, 0.4) is 0 Å². The standard InChI is InChI=1S/C17H18BrClO/c1-17(2,3)13-7-4-5-9-16(13)20-15-10-6-8-14(19)12(15)11-18/h4-10H,11H2,1-3H3. The third kappa shape index (κ3) is 3.36. The van der Waals surface area contributed by atoms with Crippen LogP contribution in [0.4, 0.5) is 0 Å². The molecule has 2 aromatic rings. The molecule has 106 valence electrons. The molecule has 0 saturated heterocycles. The van der Waals surface area contributed by atoms with Crippen molar-refractivity contribution in [1.82, 2.24) is 0 Å². The maximum absolute atomic E-state index is 6.22. The van der Waals surface area contributed by atoms with Gasteiger partial charge < -0.3 is 4.74 Å². The maximum Gasteiger partial charge on any atom is 0.132 e. The summed E-state index contributed by atoms with van der Waals surface area (Å²) in [6.45, 7) is 6.54. The summed E-state index contributed by atoms with van der Waals surface area (Å²) in [5, 5.41) is 1.38. The van der Waals surface area contributed by atoms with Crippen LogP contribution in [0.15, 0.2) is 42.5 Å². The summed E-state index contributed by atoms with van der Waals surface area (Å²) in [5.41, 5.74) is 2.18. The Bertz CT molecular complexity index is 602. The molecule has 0 spiro atoms. The molecule has 0 heterocycles. The van der Waals surface area contributed by atoms with Crippen molar-refractivity contribution in [2.75, 3.05) is 0 Å². The summed E-state index contributed by atoms with van der Waals surface area (Å²) in [6.07, 6.45) is 0. The predicted octanol–water partition coefficient (Wildman–Crippen LogP) is 6.32. The first-order valence-electron chi connectivity index (χ1n) is 6.54. The summed E-state index contributed by atoms with van der Waals surface area (Å²) < 4.78 is 6.12. The molecule has 0 saturated carbocycles. The summed E-state index contributed by atoms with van der Waals surface area (Å²) in [6, 6.07) is 13.9. The van der Waals surface area contributed by atoms with Crippen LogP contribution in [-0.4, -0.2) is 0 Å². The second-order valence-electron chi connectivity index (χ2n) is 5.70. The summed E-state index contributed by atoms with van der Waals surface area (Å²) in [4.78, 5) is 0. The second kappa shape index (κ2) is 6.19. The summed E-state index contributed by atoms with van der Waals surface area (Å²) >= 11 is 9.68. The van der Waals surface area contributed by atoms with E-state index in [-0.39, 0.29) is 5.41 Å². The molecule has 0 amide bonds. The van der Waals surface area contributed by atoms with Crippen molar-refractivity contribution in [2.45, 2.75) is 31.5 Å². The minimum atomic E-state index is 0.0315. The predicted molar refractivity (Wildman–Crippen MR) is 89.3 cm³/mol. The van der Waals surface area contributed by atoms with Gasteiger partial charge in [0, 0.05) is 21.5 Å². The van der Waals surface area contributed by atoms with Crippen molar-refractivity contribution >= 4 is 27.5 Å². The lowest BCUT2D eigenvalue weighted by Gasteiger charge is -2.23. The fraction of sp³-hybridized carbons (Fsp3) is 0.294. The topological polar surface area (TPSA) is 9.23 Å². The van der Waals surface area contributed by atoms with Crippen molar-refractivity contribution in [3.05, 3.63) is 58.6 Å². The summed E-state index contributed by atoms with van der Waals surface area (Å²) in [5.74, 6) is 1.68. The molecule has 0 aliphatic heterocycles. The zero-order chi connectivity index (χ0) is 14.8. The van der Waals surface area contributed by atoms with Crippen LogP contribution >= 0.6 is 27.5 Å². The van der Waals surface area contributed by atoms with Gasteiger partial charge in [0.15, 0.2) is 0 Å². The number of halogens is 2. The highest BCUT2D eigenvalue weighted by Crippen LogP contribution is 2.37. The molecule has 0 aliphatic rings. The van der Waals surface area contributed by atoms with Gasteiger partial charge in [0.05, 0.1) is 0 Å². The Balaban J connectivity index is 2.44. The Morgan fingerprint density at radius 2 is 1.65 bits per heavy atom. The Morgan fingerprint density at radius 3 is 2.30 bits per heavy atom. The Morgan fingerprint density at radius 1 is 1.00 bits per heavy atom. The molecule has 0 radical (unpaired) electrons. The fourth-order valence-corrected chi connectivity index (χ4v) is 3.03. The molecule has 1 nitrogen and oxygen atoms in total. The van der Waals surface area contributed by atoms with Crippen molar-refractivity contribution in [3.8, 4) is 11.5 Å². The number of hydrogen-bond acceptors (Lipinski definition) is 1. The maximum atomic E-state index is 6.22. The van der Waals surface area contributed by atoms with Crippen molar-refractivity contribution in [3.63, 3.8) is 0 Å². The van der Waals surface area contributed by atoms with Gasteiger partial charge in [-0.25, -0.2) is 0 Å². The van der Waals surface area contributed by atoms with E-state index in [9.17, 15) is 0 Å². The van der Waals surface area contributed by atoms with Gasteiger partial charge in [-0.15, -0.1) is 0 Å². The lowest BCUT2D eigenvalue weighted by molar-refractivity contribution is 0.452. The largest absolute Gasteiger partial charge is 0.457 e.